The zero-order valence-electron chi connectivity index (χ0n) is 17.3. The third-order valence-electron chi connectivity index (χ3n) is 5.79. The van der Waals surface area contributed by atoms with E-state index < -0.39 is 0 Å². The Morgan fingerprint density at radius 2 is 1.80 bits per heavy atom. The van der Waals surface area contributed by atoms with Gasteiger partial charge in [0.15, 0.2) is 5.69 Å². The van der Waals surface area contributed by atoms with E-state index in [0.29, 0.717) is 37.0 Å². The van der Waals surface area contributed by atoms with Gasteiger partial charge in [0.2, 0.25) is 5.91 Å². The molecule has 0 bridgehead atoms. The van der Waals surface area contributed by atoms with Crippen LogP contribution in [0.3, 0.4) is 0 Å². The van der Waals surface area contributed by atoms with Crippen LogP contribution in [0.5, 0.6) is 0 Å². The highest BCUT2D eigenvalue weighted by Crippen LogP contribution is 2.27. The molecule has 0 N–H and O–H groups in total. The second kappa shape index (κ2) is 9.18. The van der Waals surface area contributed by atoms with E-state index >= 15 is 0 Å². The molecule has 2 amide bonds. The van der Waals surface area contributed by atoms with Crippen LogP contribution in [-0.4, -0.2) is 71.3 Å². The van der Waals surface area contributed by atoms with Gasteiger partial charge in [-0.3, -0.25) is 9.59 Å². The minimum atomic E-state index is -0.206. The predicted octanol–water partition coefficient (Wildman–Crippen LogP) is 2.73. The maximum Gasteiger partial charge on any atom is 0.274 e. The molecule has 2 aliphatic rings. The van der Waals surface area contributed by atoms with E-state index in [1.54, 1.807) is 11.9 Å². The molecule has 1 aromatic heterocycles. The van der Waals surface area contributed by atoms with Crippen molar-refractivity contribution in [2.75, 3.05) is 39.9 Å². The zero-order chi connectivity index (χ0) is 21.1. The molecular formula is C22H27ClN4O3. The third-order valence-corrected chi connectivity index (χ3v) is 6.04. The molecule has 0 saturated carbocycles. The normalized spacial score (nSPS) is 16.7. The number of ether oxygens (including phenoxy) is 1. The van der Waals surface area contributed by atoms with Crippen LogP contribution in [0.15, 0.2) is 24.3 Å². The fourth-order valence-electron chi connectivity index (χ4n) is 4.11. The first kappa shape index (κ1) is 20.9. The number of amides is 2. The minimum Gasteiger partial charge on any atom is -0.378 e. The van der Waals surface area contributed by atoms with Gasteiger partial charge in [-0.05, 0) is 49.9 Å². The number of fused-ring (bicyclic) bond motifs is 1. The molecule has 160 valence electrons. The second-order valence-electron chi connectivity index (χ2n) is 7.88. The standard InChI is InChI=1S/C22H27ClN4O3/c1-25(15-20(28)26-11-13-30-14-12-26)22(29)21-18-5-3-2-4-6-19(18)27(24-21)17-9-7-16(23)8-10-17/h7-10H,2-6,11-15H2,1H3. The lowest BCUT2D eigenvalue weighted by atomic mass is 10.1. The van der Waals surface area contributed by atoms with Crippen LogP contribution >= 0.6 is 11.6 Å². The summed E-state index contributed by atoms with van der Waals surface area (Å²) in [5, 5.41) is 5.37. The van der Waals surface area contributed by atoms with Gasteiger partial charge < -0.3 is 14.5 Å². The Kier molecular flexibility index (Phi) is 6.39. The highest BCUT2D eigenvalue weighted by molar-refractivity contribution is 6.30. The number of rotatable bonds is 4. The minimum absolute atomic E-state index is 0.0431. The number of hydrogen-bond donors (Lipinski definition) is 0. The molecule has 1 aliphatic carbocycles. The van der Waals surface area contributed by atoms with Crippen molar-refractivity contribution < 1.29 is 14.3 Å². The summed E-state index contributed by atoms with van der Waals surface area (Å²) in [6, 6.07) is 7.49. The van der Waals surface area contributed by atoms with E-state index in [4.69, 9.17) is 21.4 Å². The van der Waals surface area contributed by atoms with Gasteiger partial charge in [-0.15, -0.1) is 0 Å². The molecule has 1 fully saturated rings. The first-order valence-electron chi connectivity index (χ1n) is 10.5. The SMILES string of the molecule is CN(CC(=O)N1CCOCC1)C(=O)c1nn(-c2ccc(Cl)cc2)c2c1CCCCC2. The number of morpholine rings is 1. The van der Waals surface area contributed by atoms with E-state index in [1.807, 2.05) is 28.9 Å². The Bertz CT molecular complexity index is 919. The maximum absolute atomic E-state index is 13.3. The van der Waals surface area contributed by atoms with Gasteiger partial charge >= 0.3 is 0 Å². The average Bonchev–Trinajstić information content (AvgIpc) is 2.95. The monoisotopic (exact) mass is 430 g/mol. The number of halogens is 1. The molecule has 8 heteroatoms. The van der Waals surface area contributed by atoms with Crippen molar-refractivity contribution in [1.82, 2.24) is 19.6 Å². The fraction of sp³-hybridized carbons (Fsp3) is 0.500. The van der Waals surface area contributed by atoms with Crippen molar-refractivity contribution in [2.24, 2.45) is 0 Å². The lowest BCUT2D eigenvalue weighted by molar-refractivity contribution is -0.135. The van der Waals surface area contributed by atoms with Crippen LogP contribution in [0.1, 0.15) is 41.0 Å². The molecule has 0 unspecified atom stereocenters. The smallest absolute Gasteiger partial charge is 0.274 e. The van der Waals surface area contributed by atoms with Crippen LogP contribution in [0.4, 0.5) is 0 Å². The third kappa shape index (κ3) is 4.37. The van der Waals surface area contributed by atoms with Crippen molar-refractivity contribution in [3.8, 4) is 5.69 Å². The van der Waals surface area contributed by atoms with Gasteiger partial charge in [0, 0.05) is 36.4 Å². The van der Waals surface area contributed by atoms with E-state index in [1.165, 1.54) is 4.90 Å². The summed E-state index contributed by atoms with van der Waals surface area (Å²) in [5.74, 6) is -0.264. The first-order chi connectivity index (χ1) is 14.5. The molecule has 30 heavy (non-hydrogen) atoms. The maximum atomic E-state index is 13.3. The largest absolute Gasteiger partial charge is 0.378 e. The molecule has 0 atom stereocenters. The Hall–Kier alpha value is -2.38. The summed E-state index contributed by atoms with van der Waals surface area (Å²) in [7, 11) is 1.67. The fourth-order valence-corrected chi connectivity index (χ4v) is 4.24. The molecule has 7 nitrogen and oxygen atoms in total. The number of carbonyl (C=O) groups excluding carboxylic acids is 2. The van der Waals surface area contributed by atoms with Crippen molar-refractivity contribution in [3.05, 3.63) is 46.2 Å². The number of nitrogens with zero attached hydrogens (tertiary/aromatic N) is 4. The summed E-state index contributed by atoms with van der Waals surface area (Å²) in [5.41, 5.74) is 3.45. The number of hydrogen-bond acceptors (Lipinski definition) is 4. The molecule has 1 aromatic carbocycles. The molecular weight excluding hydrogens is 404 g/mol. The second-order valence-corrected chi connectivity index (χ2v) is 8.31. The Morgan fingerprint density at radius 3 is 2.53 bits per heavy atom. The number of likely N-dealkylation sites (N-methyl/N-ethyl adjacent to an activating group) is 1. The molecule has 1 aliphatic heterocycles. The van der Waals surface area contributed by atoms with Crippen molar-refractivity contribution in [3.63, 3.8) is 0 Å². The van der Waals surface area contributed by atoms with E-state index in [2.05, 4.69) is 0 Å². The zero-order valence-corrected chi connectivity index (χ0v) is 18.0. The molecule has 2 aromatic rings. The summed E-state index contributed by atoms with van der Waals surface area (Å²) >= 11 is 6.04. The number of benzene rings is 1. The molecule has 2 heterocycles. The summed E-state index contributed by atoms with van der Waals surface area (Å²) in [4.78, 5) is 29.1. The number of carbonyl (C=O) groups is 2. The highest BCUT2D eigenvalue weighted by atomic mass is 35.5. The van der Waals surface area contributed by atoms with Gasteiger partial charge in [0.25, 0.3) is 5.91 Å². The number of aromatic nitrogens is 2. The lowest BCUT2D eigenvalue weighted by Crippen LogP contribution is -2.46. The molecule has 0 radical (unpaired) electrons. The van der Waals surface area contributed by atoms with E-state index in [-0.39, 0.29) is 18.4 Å². The Morgan fingerprint density at radius 1 is 1.10 bits per heavy atom. The topological polar surface area (TPSA) is 67.7 Å². The summed E-state index contributed by atoms with van der Waals surface area (Å²) in [6.07, 6.45) is 4.96. The van der Waals surface area contributed by atoms with Crippen LogP contribution in [0.25, 0.3) is 5.69 Å². The van der Waals surface area contributed by atoms with Gasteiger partial charge in [0.05, 0.1) is 25.4 Å². The van der Waals surface area contributed by atoms with Crippen molar-refractivity contribution in [1.29, 1.82) is 0 Å². The Balaban J connectivity index is 1.60. The van der Waals surface area contributed by atoms with E-state index in [9.17, 15) is 9.59 Å². The van der Waals surface area contributed by atoms with Gasteiger partial charge in [-0.1, -0.05) is 18.0 Å². The first-order valence-corrected chi connectivity index (χ1v) is 10.9. The quantitative estimate of drug-likeness (QED) is 0.699. The van der Waals surface area contributed by atoms with Crippen LogP contribution in [0, 0.1) is 0 Å². The highest BCUT2D eigenvalue weighted by Gasteiger charge is 2.28. The van der Waals surface area contributed by atoms with Gasteiger partial charge in [-0.25, -0.2) is 4.68 Å². The molecule has 0 spiro atoms. The average molecular weight is 431 g/mol. The summed E-state index contributed by atoms with van der Waals surface area (Å²) < 4.78 is 7.18. The van der Waals surface area contributed by atoms with Crippen LogP contribution in [-0.2, 0) is 22.4 Å². The van der Waals surface area contributed by atoms with Crippen molar-refractivity contribution >= 4 is 23.4 Å². The molecule has 1 saturated heterocycles. The Labute approximate surface area is 181 Å². The predicted molar refractivity (Wildman–Crippen MR) is 114 cm³/mol. The van der Waals surface area contributed by atoms with E-state index in [0.717, 1.165) is 49.0 Å². The van der Waals surface area contributed by atoms with Crippen LogP contribution < -0.4 is 0 Å². The van der Waals surface area contributed by atoms with Gasteiger partial charge in [-0.2, -0.15) is 5.10 Å². The van der Waals surface area contributed by atoms with Crippen molar-refractivity contribution in [2.45, 2.75) is 32.1 Å². The summed E-state index contributed by atoms with van der Waals surface area (Å²) in [6.45, 7) is 2.27. The van der Waals surface area contributed by atoms with Gasteiger partial charge in [0.1, 0.15) is 0 Å². The lowest BCUT2D eigenvalue weighted by Gasteiger charge is -2.28. The van der Waals surface area contributed by atoms with Crippen LogP contribution in [0.2, 0.25) is 5.02 Å². The molecule has 4 rings (SSSR count).